The highest BCUT2D eigenvalue weighted by molar-refractivity contribution is 7.10. The quantitative estimate of drug-likeness (QED) is 0.515. The van der Waals surface area contributed by atoms with Crippen molar-refractivity contribution < 1.29 is 9.59 Å². The van der Waals surface area contributed by atoms with Crippen molar-refractivity contribution in [3.8, 4) is 0 Å². The first kappa shape index (κ1) is 23.7. The second-order valence-corrected chi connectivity index (χ2v) is 10.7. The SMILES string of the molecule is CCN(Cc1csc(C)c1)C(=O)N1C2CCC1CN(C(=O)N(C1=CCCC=C1)c1ccccc1)C2. The fraction of sp³-hybridized carbons (Fsp3) is 0.429. The maximum Gasteiger partial charge on any atom is 0.329 e. The second-order valence-electron chi connectivity index (χ2n) is 9.62. The molecule has 0 radical (unpaired) electrons. The average Bonchev–Trinajstić information content (AvgIpc) is 3.42. The molecule has 0 N–H and O–H groups in total. The summed E-state index contributed by atoms with van der Waals surface area (Å²) in [5, 5.41) is 2.14. The van der Waals surface area contributed by atoms with Gasteiger partial charge in [-0.05, 0) is 74.7 Å². The molecule has 1 aromatic heterocycles. The number of benzene rings is 1. The molecule has 6 nitrogen and oxygen atoms in total. The van der Waals surface area contributed by atoms with Crippen LogP contribution in [0, 0.1) is 6.92 Å². The van der Waals surface area contributed by atoms with Gasteiger partial charge in [-0.1, -0.05) is 30.4 Å². The van der Waals surface area contributed by atoms with Gasteiger partial charge in [0.25, 0.3) is 0 Å². The fourth-order valence-corrected chi connectivity index (χ4v) is 6.20. The van der Waals surface area contributed by atoms with Crippen molar-refractivity contribution in [2.45, 2.75) is 58.2 Å². The molecule has 2 atom stereocenters. The lowest BCUT2D eigenvalue weighted by Gasteiger charge is -2.44. The van der Waals surface area contributed by atoms with E-state index in [1.54, 1.807) is 11.3 Å². The Morgan fingerprint density at radius 2 is 1.80 bits per heavy atom. The van der Waals surface area contributed by atoms with Crippen molar-refractivity contribution in [3.05, 3.63) is 76.1 Å². The van der Waals surface area contributed by atoms with Gasteiger partial charge >= 0.3 is 12.1 Å². The Bertz CT molecular complexity index is 1110. The molecule has 2 bridgehead atoms. The molecule has 7 heteroatoms. The van der Waals surface area contributed by atoms with Crippen LogP contribution in [0.4, 0.5) is 15.3 Å². The summed E-state index contributed by atoms with van der Waals surface area (Å²) in [5.41, 5.74) is 3.00. The van der Waals surface area contributed by atoms with Gasteiger partial charge < -0.3 is 14.7 Å². The van der Waals surface area contributed by atoms with E-state index in [9.17, 15) is 9.59 Å². The summed E-state index contributed by atoms with van der Waals surface area (Å²) < 4.78 is 0. The average molecular weight is 491 g/mol. The first-order valence-corrected chi connectivity index (χ1v) is 13.5. The smallest absolute Gasteiger partial charge is 0.321 e. The van der Waals surface area contributed by atoms with E-state index in [0.717, 1.165) is 37.1 Å². The molecule has 2 fully saturated rings. The lowest BCUT2D eigenvalue weighted by molar-refractivity contribution is 0.0815. The zero-order chi connectivity index (χ0) is 24.4. The minimum Gasteiger partial charge on any atom is -0.321 e. The molecule has 184 valence electrons. The maximum atomic E-state index is 13.9. The molecule has 4 amide bonds. The van der Waals surface area contributed by atoms with E-state index in [1.807, 2.05) is 58.0 Å². The molecule has 2 aromatic rings. The predicted molar refractivity (Wildman–Crippen MR) is 142 cm³/mol. The van der Waals surface area contributed by atoms with Gasteiger partial charge in [0.1, 0.15) is 0 Å². The third kappa shape index (κ3) is 4.87. The summed E-state index contributed by atoms with van der Waals surface area (Å²) >= 11 is 1.72. The van der Waals surface area contributed by atoms with E-state index in [2.05, 4.69) is 35.4 Å². The molecule has 2 aliphatic heterocycles. The number of piperazine rings is 1. The Labute approximate surface area is 212 Å². The number of anilines is 1. The number of fused-ring (bicyclic) bond motifs is 2. The van der Waals surface area contributed by atoms with Gasteiger partial charge in [0.05, 0.1) is 17.8 Å². The summed E-state index contributed by atoms with van der Waals surface area (Å²) in [6, 6.07) is 12.3. The largest absolute Gasteiger partial charge is 0.329 e. The van der Waals surface area contributed by atoms with Gasteiger partial charge in [0.2, 0.25) is 0 Å². The highest BCUT2D eigenvalue weighted by Crippen LogP contribution is 2.34. The molecule has 0 spiro atoms. The lowest BCUT2D eigenvalue weighted by atomic mass is 10.1. The van der Waals surface area contributed by atoms with E-state index < -0.39 is 0 Å². The van der Waals surface area contributed by atoms with E-state index in [0.29, 0.717) is 26.2 Å². The molecule has 3 aliphatic rings. The third-order valence-electron chi connectivity index (χ3n) is 7.22. The number of amides is 4. The Morgan fingerprint density at radius 3 is 2.40 bits per heavy atom. The molecule has 1 aromatic carbocycles. The number of aryl methyl sites for hydroxylation is 1. The Hall–Kier alpha value is -3.06. The molecule has 1 aliphatic carbocycles. The fourth-order valence-electron chi connectivity index (χ4n) is 5.50. The van der Waals surface area contributed by atoms with Crippen molar-refractivity contribution in [2.75, 3.05) is 24.5 Å². The number of likely N-dealkylation sites (tertiary alicyclic amines) is 1. The van der Waals surface area contributed by atoms with Crippen LogP contribution in [0.2, 0.25) is 0 Å². The summed E-state index contributed by atoms with van der Waals surface area (Å²) in [7, 11) is 0. The lowest BCUT2D eigenvalue weighted by Crippen LogP contribution is -2.61. The van der Waals surface area contributed by atoms with Gasteiger partial charge in [-0.3, -0.25) is 4.90 Å². The zero-order valence-corrected chi connectivity index (χ0v) is 21.4. The number of thiophene rings is 1. The maximum absolute atomic E-state index is 13.9. The number of hydrogen-bond donors (Lipinski definition) is 0. The first-order valence-electron chi connectivity index (χ1n) is 12.7. The second kappa shape index (κ2) is 10.3. The number of carbonyl (C=O) groups excluding carboxylic acids is 2. The van der Waals surface area contributed by atoms with Crippen molar-refractivity contribution in [2.24, 2.45) is 0 Å². The molecule has 3 heterocycles. The standard InChI is InChI=1S/C28H34N4O2S/c1-3-29(17-22-16-21(2)35-20-22)27(33)32-25-14-15-26(32)19-30(18-25)28(34)31(23-10-6-4-7-11-23)24-12-8-5-9-13-24/h4,6-8,10-13,16,20,25-26H,3,5,9,14-15,17-19H2,1-2H3. The number of urea groups is 2. The monoisotopic (exact) mass is 490 g/mol. The molecule has 0 saturated carbocycles. The van der Waals surface area contributed by atoms with Gasteiger partial charge in [-0.25, -0.2) is 9.59 Å². The zero-order valence-electron chi connectivity index (χ0n) is 20.6. The molecule has 2 saturated heterocycles. The number of rotatable bonds is 5. The van der Waals surface area contributed by atoms with Crippen LogP contribution in [0.5, 0.6) is 0 Å². The Morgan fingerprint density at radius 1 is 1.06 bits per heavy atom. The van der Waals surface area contributed by atoms with Crippen LogP contribution >= 0.6 is 11.3 Å². The van der Waals surface area contributed by atoms with Crippen LogP contribution in [0.1, 0.15) is 43.0 Å². The van der Waals surface area contributed by atoms with Gasteiger partial charge in [-0.15, -0.1) is 11.3 Å². The molecule has 2 unspecified atom stereocenters. The number of carbonyl (C=O) groups is 2. The van der Waals surface area contributed by atoms with E-state index in [1.165, 1.54) is 10.4 Å². The van der Waals surface area contributed by atoms with Crippen LogP contribution in [0.3, 0.4) is 0 Å². The van der Waals surface area contributed by atoms with Crippen molar-refractivity contribution in [1.82, 2.24) is 14.7 Å². The summed E-state index contributed by atoms with van der Waals surface area (Å²) in [5.74, 6) is 0. The molecule has 5 rings (SSSR count). The number of allylic oxidation sites excluding steroid dienone is 3. The van der Waals surface area contributed by atoms with Crippen LogP contribution in [-0.4, -0.2) is 58.5 Å². The van der Waals surface area contributed by atoms with Crippen LogP contribution in [0.15, 0.2) is 65.7 Å². The summed E-state index contributed by atoms with van der Waals surface area (Å²) in [4.78, 5) is 36.6. The Balaban J connectivity index is 1.32. The highest BCUT2D eigenvalue weighted by atomic mass is 32.1. The van der Waals surface area contributed by atoms with Crippen molar-refractivity contribution >= 4 is 29.1 Å². The topological polar surface area (TPSA) is 47.1 Å². The Kier molecular flexibility index (Phi) is 6.95. The minimum atomic E-state index is -0.000838. The molecule has 35 heavy (non-hydrogen) atoms. The normalized spacial score (nSPS) is 21.1. The number of hydrogen-bond acceptors (Lipinski definition) is 3. The highest BCUT2D eigenvalue weighted by Gasteiger charge is 2.46. The summed E-state index contributed by atoms with van der Waals surface area (Å²) in [6.45, 7) is 6.62. The minimum absolute atomic E-state index is 0.000838. The van der Waals surface area contributed by atoms with Crippen LogP contribution in [-0.2, 0) is 6.54 Å². The van der Waals surface area contributed by atoms with Crippen LogP contribution in [0.25, 0.3) is 0 Å². The third-order valence-corrected chi connectivity index (χ3v) is 8.13. The van der Waals surface area contributed by atoms with E-state index in [4.69, 9.17) is 0 Å². The number of nitrogens with zero attached hydrogens (tertiary/aromatic N) is 4. The van der Waals surface area contributed by atoms with Crippen molar-refractivity contribution in [1.29, 1.82) is 0 Å². The number of para-hydroxylation sites is 1. The van der Waals surface area contributed by atoms with Crippen LogP contribution < -0.4 is 4.90 Å². The predicted octanol–water partition coefficient (Wildman–Crippen LogP) is 6.01. The van der Waals surface area contributed by atoms with Gasteiger partial charge in [0, 0.05) is 36.8 Å². The van der Waals surface area contributed by atoms with Gasteiger partial charge in [0.15, 0.2) is 0 Å². The van der Waals surface area contributed by atoms with E-state index in [-0.39, 0.29) is 24.1 Å². The van der Waals surface area contributed by atoms with E-state index >= 15 is 0 Å². The summed E-state index contributed by atoms with van der Waals surface area (Å²) in [6.07, 6.45) is 10.2. The first-order chi connectivity index (χ1) is 17.0. The van der Waals surface area contributed by atoms with Gasteiger partial charge in [-0.2, -0.15) is 0 Å². The van der Waals surface area contributed by atoms with Crippen molar-refractivity contribution in [3.63, 3.8) is 0 Å². The molecular weight excluding hydrogens is 456 g/mol. The molecular formula is C28H34N4O2S.